The van der Waals surface area contributed by atoms with E-state index in [0.29, 0.717) is 0 Å². The standard InChI is InChI=1S/C66H44N2/c1-4-14-45(15-5-1)48-24-32-53(33-25-48)67(56-38-39-61-59-22-11-10-20-57(59)58-21-12-13-23-60(58)62(61)44-56)54-34-28-50(29-35-54)52-31-41-66-64(43-52)63-42-51(47-18-8-3-9-19-47)30-40-65(63)68(66)55-36-26-49(27-37-55)46-16-6-2-7-17-46/h1-44H. The molecule has 0 spiro atoms. The topological polar surface area (TPSA) is 8.17 Å². The number of rotatable bonds is 8. The van der Waals surface area contributed by atoms with E-state index >= 15 is 0 Å². The maximum Gasteiger partial charge on any atom is 0.0541 e. The third kappa shape index (κ3) is 6.82. The van der Waals surface area contributed by atoms with E-state index in [1.54, 1.807) is 0 Å². The second-order valence-electron chi connectivity index (χ2n) is 17.7. The maximum atomic E-state index is 2.41. The van der Waals surface area contributed by atoms with Crippen molar-refractivity contribution in [2.45, 2.75) is 0 Å². The van der Waals surface area contributed by atoms with Crippen LogP contribution in [0, 0.1) is 0 Å². The molecule has 12 aromatic carbocycles. The van der Waals surface area contributed by atoms with E-state index in [2.05, 4.69) is 276 Å². The highest BCUT2D eigenvalue weighted by Gasteiger charge is 2.18. The van der Waals surface area contributed by atoms with Crippen LogP contribution in [0.25, 0.3) is 104 Å². The lowest BCUT2D eigenvalue weighted by Crippen LogP contribution is -2.10. The second-order valence-corrected chi connectivity index (χ2v) is 17.7. The summed E-state index contributed by atoms with van der Waals surface area (Å²) in [6, 6.07) is 97.4. The summed E-state index contributed by atoms with van der Waals surface area (Å²) in [7, 11) is 0. The van der Waals surface area contributed by atoms with Crippen LogP contribution in [-0.4, -0.2) is 4.57 Å². The number of hydrogen-bond acceptors (Lipinski definition) is 1. The largest absolute Gasteiger partial charge is 0.310 e. The van der Waals surface area contributed by atoms with E-state index < -0.39 is 0 Å². The van der Waals surface area contributed by atoms with Crippen LogP contribution in [0.2, 0.25) is 0 Å². The molecule has 0 aliphatic rings. The Morgan fingerprint density at radius 1 is 0.206 bits per heavy atom. The highest BCUT2D eigenvalue weighted by Crippen LogP contribution is 2.43. The van der Waals surface area contributed by atoms with Crippen molar-refractivity contribution in [1.82, 2.24) is 4.57 Å². The summed E-state index contributed by atoms with van der Waals surface area (Å²) in [5.41, 5.74) is 16.4. The molecule has 0 saturated carbocycles. The predicted octanol–water partition coefficient (Wildman–Crippen LogP) is 18.4. The van der Waals surface area contributed by atoms with E-state index in [1.807, 2.05) is 0 Å². The summed E-state index contributed by atoms with van der Waals surface area (Å²) in [6.45, 7) is 0. The maximum absolute atomic E-state index is 2.41. The van der Waals surface area contributed by atoms with Gasteiger partial charge in [0.25, 0.3) is 0 Å². The van der Waals surface area contributed by atoms with Crippen LogP contribution in [0.3, 0.4) is 0 Å². The van der Waals surface area contributed by atoms with Crippen LogP contribution in [0.1, 0.15) is 0 Å². The number of aromatic nitrogens is 1. The normalized spacial score (nSPS) is 11.5. The van der Waals surface area contributed by atoms with Crippen LogP contribution in [0.15, 0.2) is 267 Å². The van der Waals surface area contributed by atoms with Gasteiger partial charge >= 0.3 is 0 Å². The Labute approximate surface area is 395 Å². The Kier molecular flexibility index (Phi) is 9.54. The second kappa shape index (κ2) is 16.5. The Morgan fingerprint density at radius 2 is 0.529 bits per heavy atom. The molecule has 0 aliphatic heterocycles. The van der Waals surface area contributed by atoms with Crippen molar-refractivity contribution in [3.63, 3.8) is 0 Å². The van der Waals surface area contributed by atoms with E-state index in [9.17, 15) is 0 Å². The predicted molar refractivity (Wildman–Crippen MR) is 290 cm³/mol. The first-order valence-corrected chi connectivity index (χ1v) is 23.4. The lowest BCUT2D eigenvalue weighted by Gasteiger charge is -2.26. The zero-order chi connectivity index (χ0) is 45.0. The van der Waals surface area contributed by atoms with Crippen molar-refractivity contribution in [2.75, 3.05) is 4.90 Å². The van der Waals surface area contributed by atoms with E-state index in [-0.39, 0.29) is 0 Å². The number of anilines is 3. The molecule has 0 atom stereocenters. The van der Waals surface area contributed by atoms with Crippen molar-refractivity contribution in [3.05, 3.63) is 267 Å². The summed E-state index contributed by atoms with van der Waals surface area (Å²) in [4.78, 5) is 2.40. The smallest absolute Gasteiger partial charge is 0.0541 e. The Hall–Kier alpha value is -8.98. The fourth-order valence-electron chi connectivity index (χ4n) is 10.4. The third-order valence-electron chi connectivity index (χ3n) is 13.8. The number of benzene rings is 12. The summed E-state index contributed by atoms with van der Waals surface area (Å²) < 4.78 is 2.41. The van der Waals surface area contributed by atoms with Gasteiger partial charge in [-0.2, -0.15) is 0 Å². The molecule has 0 unspecified atom stereocenters. The minimum atomic E-state index is 1.09. The van der Waals surface area contributed by atoms with Crippen LogP contribution in [0.5, 0.6) is 0 Å². The summed E-state index contributed by atoms with van der Waals surface area (Å²) >= 11 is 0. The fourth-order valence-corrected chi connectivity index (χ4v) is 10.4. The fraction of sp³-hybridized carbons (Fsp3) is 0. The van der Waals surface area contributed by atoms with Gasteiger partial charge in [0, 0.05) is 33.5 Å². The van der Waals surface area contributed by atoms with Crippen molar-refractivity contribution >= 4 is 71.2 Å². The molecule has 0 bridgehead atoms. The average Bonchev–Trinajstić information content (AvgIpc) is 3.75. The molecule has 0 N–H and O–H groups in total. The SMILES string of the molecule is c1ccc(-c2ccc(N(c3ccc(-c4ccc5c(c4)c4cc(-c6ccccc6)ccc4n5-c4ccc(-c5ccccc5)cc4)cc3)c3ccc4c5ccccc5c5ccccc5c4c3)cc2)cc1. The van der Waals surface area contributed by atoms with Gasteiger partial charge in [-0.3, -0.25) is 0 Å². The number of fused-ring (bicyclic) bond motifs is 9. The zero-order valence-electron chi connectivity index (χ0n) is 37.3. The van der Waals surface area contributed by atoms with Crippen molar-refractivity contribution in [2.24, 2.45) is 0 Å². The van der Waals surface area contributed by atoms with Gasteiger partial charge in [-0.15, -0.1) is 0 Å². The highest BCUT2D eigenvalue weighted by molar-refractivity contribution is 6.26. The Morgan fingerprint density at radius 3 is 0.985 bits per heavy atom. The molecule has 318 valence electrons. The molecule has 0 aliphatic carbocycles. The quantitative estimate of drug-likeness (QED) is 0.138. The van der Waals surface area contributed by atoms with Crippen LogP contribution < -0.4 is 4.90 Å². The molecule has 2 nitrogen and oxygen atoms in total. The minimum Gasteiger partial charge on any atom is -0.310 e. The van der Waals surface area contributed by atoms with E-state index in [4.69, 9.17) is 0 Å². The highest BCUT2D eigenvalue weighted by atomic mass is 15.1. The third-order valence-corrected chi connectivity index (χ3v) is 13.8. The Bertz CT molecular complexity index is 3930. The molecule has 13 rings (SSSR count). The first kappa shape index (κ1) is 39.4. The molecule has 0 saturated heterocycles. The van der Waals surface area contributed by atoms with Gasteiger partial charge in [0.1, 0.15) is 0 Å². The molecule has 0 fully saturated rings. The van der Waals surface area contributed by atoms with Crippen molar-refractivity contribution in [3.8, 4) is 50.2 Å². The zero-order valence-corrected chi connectivity index (χ0v) is 37.3. The molecule has 0 amide bonds. The van der Waals surface area contributed by atoms with E-state index in [0.717, 1.165) is 22.7 Å². The Balaban J connectivity index is 0.933. The van der Waals surface area contributed by atoms with Gasteiger partial charge in [-0.1, -0.05) is 194 Å². The van der Waals surface area contributed by atoms with Gasteiger partial charge in [0.2, 0.25) is 0 Å². The monoisotopic (exact) mass is 864 g/mol. The van der Waals surface area contributed by atoms with E-state index in [1.165, 1.54) is 98.6 Å². The van der Waals surface area contributed by atoms with Crippen molar-refractivity contribution in [1.29, 1.82) is 0 Å². The van der Waals surface area contributed by atoms with Gasteiger partial charge in [0.05, 0.1) is 11.0 Å². The summed E-state index contributed by atoms with van der Waals surface area (Å²) in [6.07, 6.45) is 0. The molecule has 68 heavy (non-hydrogen) atoms. The van der Waals surface area contributed by atoms with Crippen LogP contribution in [0.4, 0.5) is 17.1 Å². The first-order valence-electron chi connectivity index (χ1n) is 23.4. The van der Waals surface area contributed by atoms with Gasteiger partial charge in [-0.05, 0) is 150 Å². The molecule has 2 heteroatoms. The summed E-state index contributed by atoms with van der Waals surface area (Å²) in [5, 5.41) is 10.0. The molecular weight excluding hydrogens is 821 g/mol. The minimum absolute atomic E-state index is 1.09. The average molecular weight is 865 g/mol. The van der Waals surface area contributed by atoms with Gasteiger partial charge in [0.15, 0.2) is 0 Å². The summed E-state index contributed by atoms with van der Waals surface area (Å²) in [5.74, 6) is 0. The van der Waals surface area contributed by atoms with Gasteiger partial charge in [-0.25, -0.2) is 0 Å². The molecular formula is C66H44N2. The van der Waals surface area contributed by atoms with Crippen molar-refractivity contribution < 1.29 is 0 Å². The number of nitrogens with zero attached hydrogens (tertiary/aromatic N) is 2. The lowest BCUT2D eigenvalue weighted by molar-refractivity contribution is 1.18. The van der Waals surface area contributed by atoms with Crippen LogP contribution in [-0.2, 0) is 0 Å². The molecule has 1 heterocycles. The lowest BCUT2D eigenvalue weighted by atomic mass is 9.94. The molecule has 13 aromatic rings. The van der Waals surface area contributed by atoms with Crippen LogP contribution >= 0.6 is 0 Å². The molecule has 0 radical (unpaired) electrons. The number of hydrogen-bond donors (Lipinski definition) is 0. The molecule has 1 aromatic heterocycles. The first-order chi connectivity index (χ1) is 33.7. The van der Waals surface area contributed by atoms with Gasteiger partial charge < -0.3 is 9.47 Å².